The van der Waals surface area contributed by atoms with Crippen LogP contribution in [0.2, 0.25) is 0 Å². The SMILES string of the molecule is CN(C)[C@@H]1C(O)=C(C(N)=O)C(=O)[C@@]2(O)C(O)=C3C(=O)c4c(O)ccc(S(=O)(=O)O)c4C[C@H]3C[C@@H]12. The van der Waals surface area contributed by atoms with Gasteiger partial charge in [0.2, 0.25) is 5.78 Å². The summed E-state index contributed by atoms with van der Waals surface area (Å²) < 4.78 is 33.4. The number of hydrogen-bond acceptors (Lipinski definition) is 10. The largest absolute Gasteiger partial charge is 0.510 e. The van der Waals surface area contributed by atoms with Gasteiger partial charge >= 0.3 is 0 Å². The maximum absolute atomic E-state index is 13.3. The van der Waals surface area contributed by atoms with Crippen LogP contribution in [0.4, 0.5) is 0 Å². The Morgan fingerprint density at radius 1 is 1.18 bits per heavy atom. The Bertz CT molecular complexity index is 1340. The van der Waals surface area contributed by atoms with Crippen LogP contribution in [0.1, 0.15) is 22.3 Å². The number of nitrogens with zero attached hydrogens (tertiary/aromatic N) is 1. The summed E-state index contributed by atoms with van der Waals surface area (Å²) in [5.74, 6) is -8.37. The molecular weight excluding hydrogens is 472 g/mol. The number of benzene rings is 1. The van der Waals surface area contributed by atoms with Gasteiger partial charge in [-0.05, 0) is 50.6 Å². The molecule has 12 nitrogen and oxygen atoms in total. The van der Waals surface area contributed by atoms with Crippen LogP contribution >= 0.6 is 0 Å². The van der Waals surface area contributed by atoms with E-state index in [0.717, 1.165) is 12.1 Å². The number of rotatable bonds is 3. The average Bonchev–Trinajstić information content (AvgIpc) is 2.69. The average molecular weight is 494 g/mol. The Morgan fingerprint density at radius 3 is 2.32 bits per heavy atom. The van der Waals surface area contributed by atoms with Crippen molar-refractivity contribution in [3.8, 4) is 5.75 Å². The molecule has 182 valence electrons. The molecule has 4 atom stereocenters. The summed E-state index contributed by atoms with van der Waals surface area (Å²) in [5, 5.41) is 43.5. The number of aliphatic hydroxyl groups is 3. The monoisotopic (exact) mass is 494 g/mol. The van der Waals surface area contributed by atoms with Gasteiger partial charge in [0, 0.05) is 11.5 Å². The first-order valence-corrected chi connectivity index (χ1v) is 11.5. The Kier molecular flexibility index (Phi) is 5.18. The maximum Gasteiger partial charge on any atom is 0.294 e. The highest BCUT2D eigenvalue weighted by atomic mass is 32.2. The van der Waals surface area contributed by atoms with Gasteiger partial charge in [0.15, 0.2) is 11.4 Å². The minimum Gasteiger partial charge on any atom is -0.510 e. The van der Waals surface area contributed by atoms with Crippen LogP contribution in [0.5, 0.6) is 5.75 Å². The number of nitrogens with two attached hydrogens (primary N) is 1. The maximum atomic E-state index is 13.3. The molecule has 0 spiro atoms. The Morgan fingerprint density at radius 2 is 1.79 bits per heavy atom. The number of likely N-dealkylation sites (N-methyl/N-ethyl adjacent to an activating group) is 1. The lowest BCUT2D eigenvalue weighted by molar-refractivity contribution is -0.148. The van der Waals surface area contributed by atoms with E-state index in [-0.39, 0.29) is 18.4 Å². The number of aromatic hydroxyl groups is 1. The number of amides is 1. The number of primary amides is 1. The smallest absolute Gasteiger partial charge is 0.294 e. The third-order valence-corrected chi connectivity index (χ3v) is 7.78. The summed E-state index contributed by atoms with van der Waals surface area (Å²) in [6.07, 6.45) is -0.454. The van der Waals surface area contributed by atoms with Crippen molar-refractivity contribution < 1.29 is 47.8 Å². The van der Waals surface area contributed by atoms with E-state index in [4.69, 9.17) is 5.73 Å². The van der Waals surface area contributed by atoms with E-state index < -0.39 is 89.9 Å². The first kappa shape index (κ1) is 23.9. The Labute approximate surface area is 193 Å². The van der Waals surface area contributed by atoms with Gasteiger partial charge in [-0.15, -0.1) is 0 Å². The third kappa shape index (κ3) is 3.01. The van der Waals surface area contributed by atoms with Gasteiger partial charge in [-0.1, -0.05) is 0 Å². The zero-order chi connectivity index (χ0) is 25.5. The van der Waals surface area contributed by atoms with Gasteiger partial charge in [0.25, 0.3) is 16.0 Å². The van der Waals surface area contributed by atoms with Crippen LogP contribution in [0.25, 0.3) is 0 Å². The van der Waals surface area contributed by atoms with Crippen molar-refractivity contribution in [2.45, 2.75) is 29.4 Å². The van der Waals surface area contributed by atoms with Crippen molar-refractivity contribution in [2.24, 2.45) is 17.6 Å². The summed E-state index contributed by atoms with van der Waals surface area (Å²) >= 11 is 0. The molecule has 0 heterocycles. The molecule has 0 aromatic heterocycles. The molecule has 3 aliphatic rings. The lowest BCUT2D eigenvalue weighted by Crippen LogP contribution is -2.63. The number of carbonyl (C=O) groups is 3. The Balaban J connectivity index is 2.00. The number of allylic oxidation sites excluding steroid dienone is 1. The normalized spacial score (nSPS) is 29.1. The van der Waals surface area contributed by atoms with Crippen LogP contribution in [-0.4, -0.2) is 81.5 Å². The molecule has 3 aliphatic carbocycles. The number of carbonyl (C=O) groups excluding carboxylic acids is 3. The van der Waals surface area contributed by atoms with Crippen LogP contribution < -0.4 is 5.73 Å². The number of Topliss-reactive ketones (excluding diaryl/α,β-unsaturated/α-hetero) is 2. The van der Waals surface area contributed by atoms with Gasteiger partial charge in [-0.25, -0.2) is 0 Å². The molecule has 1 aromatic carbocycles. The van der Waals surface area contributed by atoms with Gasteiger partial charge in [-0.2, -0.15) is 8.42 Å². The van der Waals surface area contributed by atoms with E-state index in [9.17, 15) is 47.8 Å². The van der Waals surface area contributed by atoms with E-state index in [1.807, 2.05) is 0 Å². The van der Waals surface area contributed by atoms with Crippen molar-refractivity contribution in [1.82, 2.24) is 4.90 Å². The molecule has 0 saturated heterocycles. The fourth-order valence-electron chi connectivity index (χ4n) is 5.46. The van der Waals surface area contributed by atoms with Crippen LogP contribution in [0.15, 0.2) is 39.7 Å². The number of ketones is 2. The second-order valence-electron chi connectivity index (χ2n) is 8.87. The minimum atomic E-state index is -4.78. The summed E-state index contributed by atoms with van der Waals surface area (Å²) in [5.41, 5.74) is 0.423. The molecule has 4 rings (SSSR count). The molecule has 0 unspecified atom stereocenters. The molecule has 1 amide bonds. The first-order valence-electron chi connectivity index (χ1n) is 10.1. The lowest BCUT2D eigenvalue weighted by atomic mass is 9.58. The van der Waals surface area contributed by atoms with E-state index in [1.165, 1.54) is 19.0 Å². The number of fused-ring (bicyclic) bond motifs is 3. The third-order valence-electron chi connectivity index (χ3n) is 6.84. The Hall–Kier alpha value is -3.26. The molecule has 0 saturated carbocycles. The summed E-state index contributed by atoms with van der Waals surface area (Å²) in [6.45, 7) is 0. The highest BCUT2D eigenvalue weighted by Gasteiger charge is 2.63. The molecule has 1 aromatic rings. The molecule has 7 N–H and O–H groups in total. The zero-order valence-electron chi connectivity index (χ0n) is 18.0. The molecular formula is C21H22N2O10S. The molecule has 34 heavy (non-hydrogen) atoms. The summed E-state index contributed by atoms with van der Waals surface area (Å²) in [4.78, 5) is 39.2. The van der Waals surface area contributed by atoms with Crippen LogP contribution in [-0.2, 0) is 26.1 Å². The highest BCUT2D eigenvalue weighted by Crippen LogP contribution is 2.52. The van der Waals surface area contributed by atoms with Crippen molar-refractivity contribution >= 4 is 27.6 Å². The van der Waals surface area contributed by atoms with Crippen molar-refractivity contribution in [1.29, 1.82) is 0 Å². The number of phenols is 1. The van der Waals surface area contributed by atoms with Gasteiger partial charge < -0.3 is 26.2 Å². The predicted molar refractivity (Wildman–Crippen MR) is 113 cm³/mol. The van der Waals surface area contributed by atoms with E-state index in [1.54, 1.807) is 0 Å². The summed E-state index contributed by atoms with van der Waals surface area (Å²) in [7, 11) is -1.81. The molecule has 0 fully saturated rings. The lowest BCUT2D eigenvalue weighted by Gasteiger charge is -2.50. The molecule has 0 bridgehead atoms. The van der Waals surface area contributed by atoms with Gasteiger partial charge in [-0.3, -0.25) is 23.8 Å². The topological polar surface area (TPSA) is 216 Å². The molecule has 13 heteroatoms. The van der Waals surface area contributed by atoms with Crippen LogP contribution in [0.3, 0.4) is 0 Å². The number of hydrogen-bond donors (Lipinski definition) is 6. The van der Waals surface area contributed by atoms with Crippen molar-refractivity contribution in [2.75, 3.05) is 14.1 Å². The molecule has 0 aliphatic heterocycles. The standard InChI is InChI=1S/C21H22N2O10S/c1-23(2)15-9-6-7-5-8-11(34(31,32)33)4-3-10(24)13(8)16(25)12(7)18(27)21(9,30)19(28)14(17(15)26)20(22)29/h3-4,7,9,15,24,26-27,30H,5-6H2,1-2H3,(H2,22,29)(H,31,32,33)/t7-,9-,15-,21-/m0/s1. The summed E-state index contributed by atoms with van der Waals surface area (Å²) in [6, 6.07) is 0.652. The fraction of sp³-hybridized carbons (Fsp3) is 0.381. The first-order chi connectivity index (χ1) is 15.6. The van der Waals surface area contributed by atoms with Gasteiger partial charge in [0.1, 0.15) is 22.8 Å². The zero-order valence-corrected chi connectivity index (χ0v) is 18.8. The fourth-order valence-corrected chi connectivity index (χ4v) is 6.20. The van der Waals surface area contributed by atoms with E-state index in [2.05, 4.69) is 0 Å². The van der Waals surface area contributed by atoms with E-state index in [0.29, 0.717) is 0 Å². The number of phenolic OH excluding ortho intramolecular Hbond substituents is 1. The van der Waals surface area contributed by atoms with E-state index >= 15 is 0 Å². The highest BCUT2D eigenvalue weighted by molar-refractivity contribution is 7.85. The van der Waals surface area contributed by atoms with Crippen molar-refractivity contribution in [3.63, 3.8) is 0 Å². The predicted octanol–water partition coefficient (Wildman–Crippen LogP) is -0.633. The second-order valence-corrected chi connectivity index (χ2v) is 10.3. The second kappa shape index (κ2) is 7.37. The quantitative estimate of drug-likeness (QED) is 0.230. The minimum absolute atomic E-state index is 0.180. The molecule has 0 radical (unpaired) electrons. The van der Waals surface area contributed by atoms with Gasteiger partial charge in [0.05, 0.1) is 16.5 Å². The van der Waals surface area contributed by atoms with Crippen LogP contribution in [0, 0.1) is 11.8 Å². The van der Waals surface area contributed by atoms with Crippen molar-refractivity contribution in [3.05, 3.63) is 45.9 Å². The number of aliphatic hydroxyl groups excluding tert-OH is 2.